The molecule has 0 spiro atoms. The van der Waals surface area contributed by atoms with Crippen LogP contribution in [0.4, 0.5) is 0 Å². The number of hydrogen-bond donors (Lipinski definition) is 2. The molecule has 3 rings (SSSR count). The molecule has 1 atom stereocenters. The van der Waals surface area contributed by atoms with Gasteiger partial charge in [0.25, 0.3) is 5.91 Å². The average Bonchev–Trinajstić information content (AvgIpc) is 3.37. The van der Waals surface area contributed by atoms with Crippen molar-refractivity contribution < 1.29 is 22.4 Å². The highest BCUT2D eigenvalue weighted by Crippen LogP contribution is 2.26. The van der Waals surface area contributed by atoms with E-state index < -0.39 is 16.1 Å². The van der Waals surface area contributed by atoms with Crippen LogP contribution >= 0.6 is 0 Å². The highest BCUT2D eigenvalue weighted by Gasteiger charge is 2.39. The fourth-order valence-electron chi connectivity index (χ4n) is 3.11. The first-order chi connectivity index (χ1) is 13.4. The van der Waals surface area contributed by atoms with E-state index >= 15 is 0 Å². The third kappa shape index (κ3) is 4.42. The molecule has 0 aliphatic carbocycles. The van der Waals surface area contributed by atoms with Gasteiger partial charge >= 0.3 is 0 Å². The molecule has 2 N–H and O–H groups in total. The molecular weight excluding hydrogens is 382 g/mol. The maximum Gasteiger partial charge on any atom is 0.287 e. The van der Waals surface area contributed by atoms with E-state index in [9.17, 15) is 18.0 Å². The largest absolute Gasteiger partial charge is 0.459 e. The summed E-state index contributed by atoms with van der Waals surface area (Å²) in [6, 6.07) is 9.00. The number of sulfonamides is 1. The minimum Gasteiger partial charge on any atom is -0.459 e. The van der Waals surface area contributed by atoms with E-state index in [1.165, 1.54) is 10.6 Å². The zero-order chi connectivity index (χ0) is 20.1. The summed E-state index contributed by atoms with van der Waals surface area (Å²) in [5, 5.41) is 5.32. The molecule has 0 radical (unpaired) electrons. The van der Waals surface area contributed by atoms with E-state index in [1.807, 2.05) is 6.92 Å². The monoisotopic (exact) mass is 405 g/mol. The zero-order valence-electron chi connectivity index (χ0n) is 15.6. The van der Waals surface area contributed by atoms with Crippen LogP contribution in [0.5, 0.6) is 0 Å². The number of benzene rings is 1. The van der Waals surface area contributed by atoms with Gasteiger partial charge in [-0.2, -0.15) is 4.31 Å². The Labute approximate surface area is 164 Å². The van der Waals surface area contributed by atoms with Crippen molar-refractivity contribution in [2.75, 3.05) is 19.6 Å². The molecule has 1 aromatic carbocycles. The van der Waals surface area contributed by atoms with Gasteiger partial charge in [0, 0.05) is 19.6 Å². The molecule has 2 aromatic rings. The summed E-state index contributed by atoms with van der Waals surface area (Å²) < 4.78 is 32.0. The second kappa shape index (κ2) is 8.57. The number of nitrogens with zero attached hydrogens (tertiary/aromatic N) is 1. The maximum atomic E-state index is 12.9. The van der Waals surface area contributed by atoms with Crippen molar-refractivity contribution in [2.24, 2.45) is 0 Å². The molecule has 2 heterocycles. The van der Waals surface area contributed by atoms with Gasteiger partial charge in [0.15, 0.2) is 5.76 Å². The molecule has 28 heavy (non-hydrogen) atoms. The summed E-state index contributed by atoms with van der Waals surface area (Å²) in [6.07, 6.45) is 2.49. The van der Waals surface area contributed by atoms with Crippen molar-refractivity contribution in [3.63, 3.8) is 0 Å². The smallest absolute Gasteiger partial charge is 0.287 e. The van der Waals surface area contributed by atoms with Crippen molar-refractivity contribution in [1.29, 1.82) is 0 Å². The number of rotatable bonds is 7. The summed E-state index contributed by atoms with van der Waals surface area (Å²) in [7, 11) is -3.73. The fourth-order valence-corrected chi connectivity index (χ4v) is 4.77. The van der Waals surface area contributed by atoms with Gasteiger partial charge in [-0.3, -0.25) is 9.59 Å². The Bertz CT molecular complexity index is 923. The molecule has 1 aromatic heterocycles. The minimum atomic E-state index is -3.73. The molecule has 150 valence electrons. The van der Waals surface area contributed by atoms with E-state index in [0.717, 1.165) is 5.56 Å². The van der Waals surface area contributed by atoms with Gasteiger partial charge in [-0.1, -0.05) is 17.7 Å². The van der Waals surface area contributed by atoms with Crippen molar-refractivity contribution in [3.8, 4) is 0 Å². The summed E-state index contributed by atoms with van der Waals surface area (Å²) in [6.45, 7) is 2.60. The Morgan fingerprint density at radius 1 is 1.14 bits per heavy atom. The third-order valence-electron chi connectivity index (χ3n) is 4.59. The predicted octanol–water partition coefficient (Wildman–Crippen LogP) is 1.29. The SMILES string of the molecule is Cc1ccc(S(=O)(=O)N2CCC[C@H]2C(=O)NCCNC(=O)c2ccco2)cc1. The molecule has 8 nitrogen and oxygen atoms in total. The lowest BCUT2D eigenvalue weighted by Gasteiger charge is -2.23. The number of carbonyl (C=O) groups excluding carboxylic acids is 2. The van der Waals surface area contributed by atoms with Crippen LogP contribution in [0.3, 0.4) is 0 Å². The van der Waals surface area contributed by atoms with Crippen LogP contribution in [0.2, 0.25) is 0 Å². The highest BCUT2D eigenvalue weighted by atomic mass is 32.2. The molecule has 0 saturated carbocycles. The van der Waals surface area contributed by atoms with Gasteiger partial charge in [0.05, 0.1) is 11.2 Å². The molecule has 2 amide bonds. The van der Waals surface area contributed by atoms with E-state index in [2.05, 4.69) is 10.6 Å². The minimum absolute atomic E-state index is 0.184. The Morgan fingerprint density at radius 3 is 2.54 bits per heavy atom. The summed E-state index contributed by atoms with van der Waals surface area (Å²) in [4.78, 5) is 24.5. The molecule has 1 aliphatic rings. The van der Waals surface area contributed by atoms with Crippen molar-refractivity contribution in [3.05, 3.63) is 54.0 Å². The number of aryl methyl sites for hydroxylation is 1. The van der Waals surface area contributed by atoms with Gasteiger partial charge in [-0.05, 0) is 44.0 Å². The Hall–Kier alpha value is -2.65. The lowest BCUT2D eigenvalue weighted by Crippen LogP contribution is -2.47. The Balaban J connectivity index is 1.55. The second-order valence-electron chi connectivity index (χ2n) is 6.61. The maximum absolute atomic E-state index is 12.9. The van der Waals surface area contributed by atoms with Crippen LogP contribution < -0.4 is 10.6 Å². The first-order valence-electron chi connectivity index (χ1n) is 9.07. The Morgan fingerprint density at radius 2 is 1.86 bits per heavy atom. The van der Waals surface area contributed by atoms with Crippen molar-refractivity contribution in [2.45, 2.75) is 30.7 Å². The van der Waals surface area contributed by atoms with Gasteiger partial charge in [-0.25, -0.2) is 8.42 Å². The summed E-state index contributed by atoms with van der Waals surface area (Å²) >= 11 is 0. The van der Waals surface area contributed by atoms with E-state index in [4.69, 9.17) is 4.42 Å². The quantitative estimate of drug-likeness (QED) is 0.675. The third-order valence-corrected chi connectivity index (χ3v) is 6.51. The van der Waals surface area contributed by atoms with Gasteiger partial charge in [0.2, 0.25) is 15.9 Å². The first-order valence-corrected chi connectivity index (χ1v) is 10.5. The summed E-state index contributed by atoms with van der Waals surface area (Å²) in [5.41, 5.74) is 0.964. The van der Waals surface area contributed by atoms with Gasteiger partial charge in [-0.15, -0.1) is 0 Å². The number of hydrogen-bond acceptors (Lipinski definition) is 5. The first kappa shape index (κ1) is 20.1. The van der Waals surface area contributed by atoms with Crippen LogP contribution in [-0.2, 0) is 14.8 Å². The molecule has 0 unspecified atom stereocenters. The van der Waals surface area contributed by atoms with Crippen LogP contribution in [0.15, 0.2) is 52.0 Å². The predicted molar refractivity (Wildman–Crippen MR) is 102 cm³/mol. The van der Waals surface area contributed by atoms with E-state index in [-0.39, 0.29) is 35.6 Å². The van der Waals surface area contributed by atoms with Crippen molar-refractivity contribution in [1.82, 2.24) is 14.9 Å². The average molecular weight is 405 g/mol. The standard InChI is InChI=1S/C19H23N3O5S/c1-14-6-8-15(9-7-14)28(25,26)22-12-2-4-16(22)18(23)20-10-11-21-19(24)17-5-3-13-27-17/h3,5-9,13,16H,2,4,10-12H2,1H3,(H,20,23)(H,21,24)/t16-/m0/s1. The molecule has 1 aliphatic heterocycles. The van der Waals surface area contributed by atoms with Crippen LogP contribution in [0.25, 0.3) is 0 Å². The lowest BCUT2D eigenvalue weighted by atomic mass is 10.2. The molecule has 1 fully saturated rings. The molecule has 1 saturated heterocycles. The lowest BCUT2D eigenvalue weighted by molar-refractivity contribution is -0.124. The number of nitrogens with one attached hydrogen (secondary N) is 2. The van der Waals surface area contributed by atoms with Crippen molar-refractivity contribution >= 4 is 21.8 Å². The summed E-state index contributed by atoms with van der Waals surface area (Å²) in [5.74, 6) is -0.540. The number of carbonyl (C=O) groups is 2. The highest BCUT2D eigenvalue weighted by molar-refractivity contribution is 7.89. The molecule has 0 bridgehead atoms. The normalized spacial score (nSPS) is 17.4. The molecule has 9 heteroatoms. The number of furan rings is 1. The van der Waals surface area contributed by atoms with E-state index in [1.54, 1.807) is 36.4 Å². The van der Waals surface area contributed by atoms with Crippen LogP contribution in [0, 0.1) is 6.92 Å². The van der Waals surface area contributed by atoms with E-state index in [0.29, 0.717) is 19.4 Å². The molecular formula is C19H23N3O5S. The van der Waals surface area contributed by atoms with Crippen LogP contribution in [0.1, 0.15) is 29.0 Å². The second-order valence-corrected chi connectivity index (χ2v) is 8.50. The fraction of sp³-hybridized carbons (Fsp3) is 0.368. The zero-order valence-corrected chi connectivity index (χ0v) is 16.4. The topological polar surface area (TPSA) is 109 Å². The van der Waals surface area contributed by atoms with Crippen LogP contribution in [-0.4, -0.2) is 50.2 Å². The Kier molecular flexibility index (Phi) is 6.15. The van der Waals surface area contributed by atoms with Gasteiger partial charge < -0.3 is 15.1 Å². The van der Waals surface area contributed by atoms with Gasteiger partial charge in [0.1, 0.15) is 6.04 Å². The number of amides is 2.